The minimum absolute atomic E-state index is 0. The van der Waals surface area contributed by atoms with Gasteiger partial charge in [-0.25, -0.2) is 0 Å². The third kappa shape index (κ3) is 41.1. The van der Waals surface area contributed by atoms with Crippen LogP contribution < -0.4 is 0 Å². The Morgan fingerprint density at radius 3 is 1.00 bits per heavy atom. The molecule has 0 aromatic rings. The quantitative estimate of drug-likeness (QED) is 0.431. The minimum Gasteiger partial charge on any atom is -0.103 e. The molecule has 0 atom stereocenters. The highest BCUT2D eigenvalue weighted by molar-refractivity contribution is 4.51. The predicted octanol–water partition coefficient (Wildman–Crippen LogP) is 5.83. The maximum atomic E-state index is 3.36. The van der Waals surface area contributed by atoms with Gasteiger partial charge in [0.15, 0.2) is 0 Å². The molecule has 0 bridgehead atoms. The van der Waals surface area contributed by atoms with Gasteiger partial charge in [0, 0.05) is 0 Å². The average Bonchev–Trinajstić information content (AvgIpc) is 2.08. The van der Waals surface area contributed by atoms with Crippen LogP contribution in [0.5, 0.6) is 0 Å². The molecule has 1 fully saturated rings. The largest absolute Gasteiger partial charge is 0.103 e. The first-order valence-corrected chi connectivity index (χ1v) is 5.72. The molecule has 0 nitrogen and oxygen atoms in total. The van der Waals surface area contributed by atoms with Gasteiger partial charge in [0.25, 0.3) is 0 Å². The Morgan fingerprint density at radius 1 is 0.857 bits per heavy atom. The normalized spacial score (nSPS) is 13.8. The summed E-state index contributed by atoms with van der Waals surface area (Å²) >= 11 is 0. The molecular formula is C14H32. The topological polar surface area (TPSA) is 0 Å². The van der Waals surface area contributed by atoms with E-state index < -0.39 is 0 Å². The fourth-order valence-electron chi connectivity index (χ4n) is 1.06. The summed E-state index contributed by atoms with van der Waals surface area (Å²) in [4.78, 5) is 0. The summed E-state index contributed by atoms with van der Waals surface area (Å²) in [6.07, 6.45) is 10.8. The van der Waals surface area contributed by atoms with Crippen LogP contribution in [0.15, 0.2) is 12.7 Å². The zero-order chi connectivity index (χ0) is 10.5. The Morgan fingerprint density at radius 2 is 0.929 bits per heavy atom. The number of allylic oxidation sites excluding steroid dienone is 1. The SMILES string of the molecule is C.C1CCCCC1.C=CC.CC(C)C. The van der Waals surface area contributed by atoms with Crippen LogP contribution in [-0.2, 0) is 0 Å². The lowest BCUT2D eigenvalue weighted by molar-refractivity contribution is 0.504. The molecule has 0 radical (unpaired) electrons. The summed E-state index contributed by atoms with van der Waals surface area (Å²) in [5.41, 5.74) is 0. The van der Waals surface area contributed by atoms with Crippen LogP contribution >= 0.6 is 0 Å². The van der Waals surface area contributed by atoms with E-state index in [9.17, 15) is 0 Å². The monoisotopic (exact) mass is 200 g/mol. The zero-order valence-electron chi connectivity index (χ0n) is 10.1. The average molecular weight is 200 g/mol. The lowest BCUT2D eigenvalue weighted by atomic mass is 10.0. The van der Waals surface area contributed by atoms with Crippen LogP contribution in [0, 0.1) is 5.92 Å². The summed E-state index contributed by atoms with van der Waals surface area (Å²) < 4.78 is 0. The van der Waals surface area contributed by atoms with Crippen LogP contribution in [0.25, 0.3) is 0 Å². The highest BCUT2D eigenvalue weighted by atomic mass is 14.0. The third-order valence-corrected chi connectivity index (χ3v) is 1.50. The maximum Gasteiger partial charge on any atom is -0.0473 e. The summed E-state index contributed by atoms with van der Waals surface area (Å²) in [6, 6.07) is 0. The predicted molar refractivity (Wildman–Crippen MR) is 70.8 cm³/mol. The van der Waals surface area contributed by atoms with Gasteiger partial charge in [-0.15, -0.1) is 6.58 Å². The van der Waals surface area contributed by atoms with Crippen LogP contribution in [0.4, 0.5) is 0 Å². The van der Waals surface area contributed by atoms with Gasteiger partial charge in [0.1, 0.15) is 0 Å². The van der Waals surface area contributed by atoms with Gasteiger partial charge in [-0.05, 0) is 12.8 Å². The Kier molecular flexibility index (Phi) is 25.6. The van der Waals surface area contributed by atoms with Crippen molar-refractivity contribution in [3.63, 3.8) is 0 Å². The van der Waals surface area contributed by atoms with Gasteiger partial charge in [-0.3, -0.25) is 0 Å². The van der Waals surface area contributed by atoms with E-state index in [1.807, 2.05) is 6.92 Å². The lowest BCUT2D eigenvalue weighted by Crippen LogP contribution is -1.85. The molecule has 0 heterocycles. The van der Waals surface area contributed by atoms with Crippen molar-refractivity contribution in [2.75, 3.05) is 0 Å². The Bertz CT molecular complexity index is 63.8. The molecule has 1 aliphatic carbocycles. The molecule has 88 valence electrons. The lowest BCUT2D eigenvalue weighted by Gasteiger charge is -2.05. The fraction of sp³-hybridized carbons (Fsp3) is 0.857. The Balaban J connectivity index is -0.000000135. The molecule has 0 aromatic carbocycles. The minimum atomic E-state index is 0. The van der Waals surface area contributed by atoms with Crippen molar-refractivity contribution in [1.29, 1.82) is 0 Å². The molecule has 0 heteroatoms. The third-order valence-electron chi connectivity index (χ3n) is 1.50. The van der Waals surface area contributed by atoms with Crippen LogP contribution in [0.1, 0.15) is 73.6 Å². The molecule has 0 amide bonds. The van der Waals surface area contributed by atoms with Gasteiger partial charge in [-0.2, -0.15) is 0 Å². The summed E-state index contributed by atoms with van der Waals surface area (Å²) in [7, 11) is 0. The molecule has 0 saturated heterocycles. The summed E-state index contributed by atoms with van der Waals surface area (Å²) in [5, 5.41) is 0. The van der Waals surface area contributed by atoms with Crippen molar-refractivity contribution >= 4 is 0 Å². The first kappa shape index (κ1) is 19.3. The maximum absolute atomic E-state index is 3.36. The number of hydrogen-bond acceptors (Lipinski definition) is 0. The molecule has 0 aromatic heterocycles. The van der Waals surface area contributed by atoms with Crippen molar-refractivity contribution in [2.45, 2.75) is 73.6 Å². The standard InChI is InChI=1S/C6H12.C4H10.C3H6.CH4/c1-2-4-6-5-3-1;1-4(2)3;1-3-2;/h1-6H2;4H,1-3H3;3H,1H2,2H3;1H4. The summed E-state index contributed by atoms with van der Waals surface area (Å²) in [6.45, 7) is 11.7. The van der Waals surface area contributed by atoms with Crippen LogP contribution in [0.3, 0.4) is 0 Å². The van der Waals surface area contributed by atoms with Crippen molar-refractivity contribution in [3.05, 3.63) is 12.7 Å². The van der Waals surface area contributed by atoms with Crippen molar-refractivity contribution < 1.29 is 0 Å². The Labute approximate surface area is 92.8 Å². The van der Waals surface area contributed by atoms with E-state index in [4.69, 9.17) is 0 Å². The van der Waals surface area contributed by atoms with Gasteiger partial charge in [-0.1, -0.05) is 72.8 Å². The highest BCUT2D eigenvalue weighted by Crippen LogP contribution is 2.15. The van der Waals surface area contributed by atoms with Crippen LogP contribution in [0.2, 0.25) is 0 Å². The molecule has 0 N–H and O–H groups in total. The zero-order valence-corrected chi connectivity index (χ0v) is 10.1. The summed E-state index contributed by atoms with van der Waals surface area (Å²) in [5.74, 6) is 0.833. The Hall–Kier alpha value is -0.260. The first-order chi connectivity index (χ1) is 6.15. The van der Waals surface area contributed by atoms with Gasteiger partial charge in [0.05, 0.1) is 0 Å². The first-order valence-electron chi connectivity index (χ1n) is 5.72. The van der Waals surface area contributed by atoms with E-state index in [0.29, 0.717) is 0 Å². The molecular weight excluding hydrogens is 168 g/mol. The van der Waals surface area contributed by atoms with Gasteiger partial charge in [0.2, 0.25) is 0 Å². The van der Waals surface area contributed by atoms with E-state index in [-0.39, 0.29) is 7.43 Å². The fourth-order valence-corrected chi connectivity index (χ4v) is 1.06. The van der Waals surface area contributed by atoms with E-state index >= 15 is 0 Å². The second-order valence-corrected chi connectivity index (χ2v) is 4.26. The van der Waals surface area contributed by atoms with Crippen molar-refractivity contribution in [1.82, 2.24) is 0 Å². The molecule has 1 rings (SSSR count). The van der Waals surface area contributed by atoms with E-state index in [1.165, 1.54) is 38.5 Å². The molecule has 14 heavy (non-hydrogen) atoms. The second kappa shape index (κ2) is 18.5. The van der Waals surface area contributed by atoms with Crippen molar-refractivity contribution in [3.8, 4) is 0 Å². The smallest absolute Gasteiger partial charge is 0.0473 e. The second-order valence-electron chi connectivity index (χ2n) is 4.26. The molecule has 0 aliphatic heterocycles. The van der Waals surface area contributed by atoms with Gasteiger partial charge >= 0.3 is 0 Å². The molecule has 1 aliphatic rings. The van der Waals surface area contributed by atoms with Gasteiger partial charge < -0.3 is 0 Å². The van der Waals surface area contributed by atoms with E-state index in [2.05, 4.69) is 27.4 Å². The van der Waals surface area contributed by atoms with E-state index in [1.54, 1.807) is 6.08 Å². The molecule has 0 unspecified atom stereocenters. The number of rotatable bonds is 0. The van der Waals surface area contributed by atoms with Crippen LogP contribution in [-0.4, -0.2) is 0 Å². The number of hydrogen-bond donors (Lipinski definition) is 0. The molecule has 0 spiro atoms. The highest BCUT2D eigenvalue weighted by Gasteiger charge is 1.95. The van der Waals surface area contributed by atoms with E-state index in [0.717, 1.165) is 5.92 Å². The molecule has 1 saturated carbocycles. The van der Waals surface area contributed by atoms with Crippen molar-refractivity contribution in [2.24, 2.45) is 5.92 Å².